The van der Waals surface area contributed by atoms with E-state index in [4.69, 9.17) is 5.73 Å². The molecule has 2 aromatic rings. The van der Waals surface area contributed by atoms with E-state index in [0.29, 0.717) is 5.13 Å². The summed E-state index contributed by atoms with van der Waals surface area (Å²) in [6, 6.07) is 3.60. The average molecular weight is 295 g/mol. The monoisotopic (exact) mass is 295 g/mol. The summed E-state index contributed by atoms with van der Waals surface area (Å²) >= 11 is 3.11. The third-order valence-corrected chi connectivity index (χ3v) is 4.53. The molecule has 2 heterocycles. The standard InChI is InChI=1S/C13H17N3OS2/c1-7(2)11(14)12(17)16-13-15-9(6-18-13)10-5-4-8(3)19-10/h4-7,11H,14H2,1-3H3,(H,15,16,17)/t11-/m0/s1. The van der Waals surface area contributed by atoms with Crippen molar-refractivity contribution in [3.05, 3.63) is 22.4 Å². The molecule has 2 rings (SSSR count). The molecule has 1 atom stereocenters. The van der Waals surface area contributed by atoms with Crippen molar-refractivity contribution in [2.45, 2.75) is 26.8 Å². The summed E-state index contributed by atoms with van der Waals surface area (Å²) in [4.78, 5) is 18.6. The summed E-state index contributed by atoms with van der Waals surface area (Å²) in [5.74, 6) is -0.0716. The Morgan fingerprint density at radius 3 is 2.74 bits per heavy atom. The molecule has 0 bridgehead atoms. The van der Waals surface area contributed by atoms with Gasteiger partial charge in [0.05, 0.1) is 16.6 Å². The maximum atomic E-state index is 11.8. The van der Waals surface area contributed by atoms with Gasteiger partial charge in [-0.25, -0.2) is 4.98 Å². The minimum atomic E-state index is -0.503. The van der Waals surface area contributed by atoms with Gasteiger partial charge >= 0.3 is 0 Å². The molecule has 2 aromatic heterocycles. The summed E-state index contributed by atoms with van der Waals surface area (Å²) in [6.07, 6.45) is 0. The number of nitrogens with zero attached hydrogens (tertiary/aromatic N) is 1. The number of aromatic nitrogens is 1. The Bertz CT molecular complexity index is 574. The molecule has 0 spiro atoms. The largest absolute Gasteiger partial charge is 0.320 e. The van der Waals surface area contributed by atoms with Crippen LogP contribution in [0.25, 0.3) is 10.6 Å². The van der Waals surface area contributed by atoms with Crippen LogP contribution in [0.3, 0.4) is 0 Å². The predicted octanol–water partition coefficient (Wildman–Crippen LogP) is 3.10. The van der Waals surface area contributed by atoms with Crippen molar-refractivity contribution < 1.29 is 4.79 Å². The average Bonchev–Trinajstić information content (AvgIpc) is 2.96. The van der Waals surface area contributed by atoms with E-state index in [1.807, 2.05) is 25.3 Å². The van der Waals surface area contributed by atoms with Crippen LogP contribution in [-0.4, -0.2) is 16.9 Å². The Labute approximate surface area is 120 Å². The van der Waals surface area contributed by atoms with Gasteiger partial charge in [0.1, 0.15) is 0 Å². The van der Waals surface area contributed by atoms with E-state index < -0.39 is 6.04 Å². The number of thiophene rings is 1. The Morgan fingerprint density at radius 2 is 2.16 bits per heavy atom. The zero-order valence-corrected chi connectivity index (χ0v) is 12.8. The van der Waals surface area contributed by atoms with Gasteiger partial charge in [-0.15, -0.1) is 22.7 Å². The van der Waals surface area contributed by atoms with Crippen molar-refractivity contribution in [3.8, 4) is 10.6 Å². The number of nitrogens with two attached hydrogens (primary N) is 1. The van der Waals surface area contributed by atoms with Gasteiger partial charge in [0.25, 0.3) is 0 Å². The van der Waals surface area contributed by atoms with Gasteiger partial charge in [-0.2, -0.15) is 0 Å². The number of carbonyl (C=O) groups is 1. The van der Waals surface area contributed by atoms with E-state index in [2.05, 4.69) is 23.3 Å². The molecule has 0 saturated heterocycles. The fraction of sp³-hybridized carbons (Fsp3) is 0.385. The first kappa shape index (κ1) is 14.2. The van der Waals surface area contributed by atoms with E-state index in [0.717, 1.165) is 10.6 Å². The predicted molar refractivity (Wildman–Crippen MR) is 81.6 cm³/mol. The minimum absolute atomic E-state index is 0.111. The minimum Gasteiger partial charge on any atom is -0.320 e. The molecular weight excluding hydrogens is 278 g/mol. The SMILES string of the molecule is Cc1ccc(-c2csc(NC(=O)[C@@H](N)C(C)C)n2)s1. The summed E-state index contributed by atoms with van der Waals surface area (Å²) in [5, 5.41) is 5.31. The third-order valence-electron chi connectivity index (χ3n) is 2.75. The molecular formula is C13H17N3OS2. The van der Waals surface area contributed by atoms with Crippen molar-refractivity contribution in [1.29, 1.82) is 0 Å². The van der Waals surface area contributed by atoms with Crippen LogP contribution in [0.5, 0.6) is 0 Å². The number of nitrogens with one attached hydrogen (secondary N) is 1. The Kier molecular flexibility index (Phi) is 4.34. The summed E-state index contributed by atoms with van der Waals surface area (Å²) in [5.41, 5.74) is 6.70. The lowest BCUT2D eigenvalue weighted by atomic mass is 10.1. The molecule has 0 aliphatic heterocycles. The number of carbonyl (C=O) groups excluding carboxylic acids is 1. The van der Waals surface area contributed by atoms with Crippen molar-refractivity contribution in [3.63, 3.8) is 0 Å². The fourth-order valence-corrected chi connectivity index (χ4v) is 3.12. The summed E-state index contributed by atoms with van der Waals surface area (Å²) < 4.78 is 0. The summed E-state index contributed by atoms with van der Waals surface area (Å²) in [7, 11) is 0. The molecule has 0 saturated carbocycles. The number of aryl methyl sites for hydroxylation is 1. The van der Waals surface area contributed by atoms with E-state index in [-0.39, 0.29) is 11.8 Å². The van der Waals surface area contributed by atoms with E-state index >= 15 is 0 Å². The molecule has 0 unspecified atom stereocenters. The molecule has 0 fully saturated rings. The van der Waals surface area contributed by atoms with Crippen LogP contribution >= 0.6 is 22.7 Å². The van der Waals surface area contributed by atoms with Crippen molar-refractivity contribution in [1.82, 2.24) is 4.98 Å². The second kappa shape index (κ2) is 5.81. The first-order chi connectivity index (χ1) is 8.97. The van der Waals surface area contributed by atoms with Gasteiger partial charge in [0.15, 0.2) is 5.13 Å². The molecule has 19 heavy (non-hydrogen) atoms. The van der Waals surface area contributed by atoms with Crippen LogP contribution < -0.4 is 11.1 Å². The number of rotatable bonds is 4. The van der Waals surface area contributed by atoms with Crippen LogP contribution in [0.1, 0.15) is 18.7 Å². The molecule has 4 nitrogen and oxygen atoms in total. The number of hydrogen-bond donors (Lipinski definition) is 2. The third kappa shape index (κ3) is 3.40. The van der Waals surface area contributed by atoms with Crippen LogP contribution in [0.2, 0.25) is 0 Å². The molecule has 102 valence electrons. The van der Waals surface area contributed by atoms with Crippen LogP contribution in [0.4, 0.5) is 5.13 Å². The Balaban J connectivity index is 2.08. The number of hydrogen-bond acceptors (Lipinski definition) is 5. The smallest absolute Gasteiger partial charge is 0.243 e. The normalized spacial score (nSPS) is 12.7. The van der Waals surface area contributed by atoms with Gasteiger partial charge in [0.2, 0.25) is 5.91 Å². The molecule has 6 heteroatoms. The Morgan fingerprint density at radius 1 is 1.42 bits per heavy atom. The number of amides is 1. The van der Waals surface area contributed by atoms with Gasteiger partial charge in [-0.1, -0.05) is 13.8 Å². The second-order valence-electron chi connectivity index (χ2n) is 4.71. The lowest BCUT2D eigenvalue weighted by molar-refractivity contribution is -0.118. The van der Waals surface area contributed by atoms with Crippen molar-refractivity contribution in [2.75, 3.05) is 5.32 Å². The molecule has 1 amide bonds. The zero-order chi connectivity index (χ0) is 14.0. The topological polar surface area (TPSA) is 68.0 Å². The molecule has 0 aromatic carbocycles. The Hall–Kier alpha value is -1.24. The highest BCUT2D eigenvalue weighted by Crippen LogP contribution is 2.30. The molecule has 0 aliphatic rings. The first-order valence-corrected chi connectivity index (χ1v) is 7.75. The second-order valence-corrected chi connectivity index (χ2v) is 6.85. The van der Waals surface area contributed by atoms with Gasteiger partial charge in [-0.05, 0) is 25.0 Å². The van der Waals surface area contributed by atoms with Gasteiger partial charge in [0, 0.05) is 10.3 Å². The molecule has 3 N–H and O–H groups in total. The fourth-order valence-electron chi connectivity index (χ4n) is 1.51. The van der Waals surface area contributed by atoms with Gasteiger partial charge in [-0.3, -0.25) is 4.79 Å². The lowest BCUT2D eigenvalue weighted by Gasteiger charge is -2.13. The highest BCUT2D eigenvalue weighted by atomic mass is 32.1. The summed E-state index contributed by atoms with van der Waals surface area (Å²) in [6.45, 7) is 5.91. The number of anilines is 1. The lowest BCUT2D eigenvalue weighted by Crippen LogP contribution is -2.39. The zero-order valence-electron chi connectivity index (χ0n) is 11.1. The molecule has 0 aliphatic carbocycles. The van der Waals surface area contributed by atoms with Gasteiger partial charge < -0.3 is 11.1 Å². The van der Waals surface area contributed by atoms with Crippen LogP contribution in [-0.2, 0) is 4.79 Å². The van der Waals surface area contributed by atoms with Crippen molar-refractivity contribution in [2.24, 2.45) is 11.7 Å². The quantitative estimate of drug-likeness (QED) is 0.910. The van der Waals surface area contributed by atoms with E-state index in [9.17, 15) is 4.79 Å². The van der Waals surface area contributed by atoms with E-state index in [1.54, 1.807) is 11.3 Å². The van der Waals surface area contributed by atoms with E-state index in [1.165, 1.54) is 16.2 Å². The van der Waals surface area contributed by atoms with Crippen molar-refractivity contribution >= 4 is 33.7 Å². The first-order valence-electron chi connectivity index (χ1n) is 6.06. The van der Waals surface area contributed by atoms with Crippen LogP contribution in [0.15, 0.2) is 17.5 Å². The highest BCUT2D eigenvalue weighted by molar-refractivity contribution is 7.17. The maximum absolute atomic E-state index is 11.8. The van der Waals surface area contributed by atoms with Crippen LogP contribution in [0, 0.1) is 12.8 Å². The highest BCUT2D eigenvalue weighted by Gasteiger charge is 2.18. The molecule has 0 radical (unpaired) electrons. The number of thiazole rings is 1. The maximum Gasteiger partial charge on any atom is 0.243 e.